The number of aromatic hydroxyl groups is 2. The number of carbonyl (C=O) groups is 2. The molecule has 0 spiro atoms. The largest absolute Gasteiger partial charge is 0.504 e. The lowest BCUT2D eigenvalue weighted by atomic mass is 10.1. The Kier molecular flexibility index (Phi) is 2.02. The minimum absolute atomic E-state index is 0.220. The van der Waals surface area contributed by atoms with Crippen molar-refractivity contribution in [2.24, 2.45) is 0 Å². The fraction of sp³-hybridized carbons (Fsp3) is 0. The predicted octanol–water partition coefficient (Wildman–Crippen LogP) is 1.29. The molecule has 2 rings (SSSR count). The van der Waals surface area contributed by atoms with Gasteiger partial charge in [0.15, 0.2) is 11.5 Å². The first-order valence-corrected chi connectivity index (χ1v) is 4.49. The maximum absolute atomic E-state index is 11.2. The second kappa shape index (κ2) is 3.01. The number of hydrogen-bond acceptors (Lipinski definition) is 4. The average molecular weight is 248 g/mol. The summed E-state index contributed by atoms with van der Waals surface area (Å²) in [6, 6.07) is 0. The molecule has 0 saturated heterocycles. The van der Waals surface area contributed by atoms with Gasteiger partial charge in [-0.15, -0.1) is 0 Å². The van der Waals surface area contributed by atoms with E-state index in [9.17, 15) is 19.8 Å². The van der Waals surface area contributed by atoms with Crippen LogP contribution in [-0.4, -0.2) is 22.0 Å². The lowest BCUT2D eigenvalue weighted by Crippen LogP contribution is -2.20. The second-order valence-electron chi connectivity index (χ2n) is 2.86. The van der Waals surface area contributed by atoms with Gasteiger partial charge in [0.1, 0.15) is 5.02 Å². The van der Waals surface area contributed by atoms with Crippen LogP contribution in [0.3, 0.4) is 0 Å². The Morgan fingerprint density at radius 2 is 1.40 bits per heavy atom. The van der Waals surface area contributed by atoms with Gasteiger partial charge in [-0.05, 0) is 0 Å². The number of rotatable bonds is 0. The van der Waals surface area contributed by atoms with Crippen LogP contribution in [0.4, 0.5) is 0 Å². The molecule has 0 fully saturated rings. The molecule has 1 heterocycles. The zero-order chi connectivity index (χ0) is 11.3. The van der Waals surface area contributed by atoms with Crippen LogP contribution in [0.15, 0.2) is 0 Å². The first-order valence-electron chi connectivity index (χ1n) is 3.73. The number of amides is 2. The molecule has 0 bridgehead atoms. The van der Waals surface area contributed by atoms with Crippen molar-refractivity contribution in [2.45, 2.75) is 0 Å². The lowest BCUT2D eigenvalue weighted by Gasteiger charge is -2.06. The number of hydrogen-bond donors (Lipinski definition) is 3. The van der Waals surface area contributed by atoms with Crippen molar-refractivity contribution in [2.75, 3.05) is 0 Å². The number of phenols is 2. The van der Waals surface area contributed by atoms with E-state index in [2.05, 4.69) is 0 Å². The van der Waals surface area contributed by atoms with Crippen LogP contribution >= 0.6 is 23.2 Å². The van der Waals surface area contributed by atoms with Gasteiger partial charge < -0.3 is 10.2 Å². The van der Waals surface area contributed by atoms with Crippen molar-refractivity contribution >= 4 is 35.0 Å². The molecule has 1 aromatic carbocycles. The normalized spacial score (nSPS) is 14.0. The summed E-state index contributed by atoms with van der Waals surface area (Å²) in [5, 5.41) is 20.0. The highest BCUT2D eigenvalue weighted by Crippen LogP contribution is 2.45. The molecule has 0 saturated carbocycles. The van der Waals surface area contributed by atoms with Crippen LogP contribution in [0.5, 0.6) is 11.5 Å². The number of carbonyl (C=O) groups excluding carboxylic acids is 2. The Morgan fingerprint density at radius 3 is 2.00 bits per heavy atom. The molecule has 1 aliphatic rings. The quantitative estimate of drug-likeness (QED) is 0.476. The molecule has 7 heteroatoms. The van der Waals surface area contributed by atoms with Gasteiger partial charge >= 0.3 is 0 Å². The Bertz CT molecular complexity index is 467. The van der Waals surface area contributed by atoms with E-state index in [4.69, 9.17) is 23.2 Å². The number of phenolic OH excluding ortho intramolecular Hbond substituents is 2. The summed E-state index contributed by atoms with van der Waals surface area (Å²) in [5.41, 5.74) is -0.575. The Hall–Kier alpha value is -1.46. The molecule has 0 radical (unpaired) electrons. The maximum Gasteiger partial charge on any atom is 0.262 e. The minimum atomic E-state index is -0.818. The van der Waals surface area contributed by atoms with Crippen molar-refractivity contribution in [1.29, 1.82) is 0 Å². The molecule has 3 N–H and O–H groups in total. The molecular formula is C8H3Cl2NO4. The van der Waals surface area contributed by atoms with Gasteiger partial charge in [-0.3, -0.25) is 14.9 Å². The molecule has 5 nitrogen and oxygen atoms in total. The van der Waals surface area contributed by atoms with Gasteiger partial charge in [0, 0.05) is 0 Å². The highest BCUT2D eigenvalue weighted by atomic mass is 35.5. The number of halogens is 2. The SMILES string of the molecule is O=C1NC(=O)c2c(Cl)c(Cl)c(O)c(O)c21. The summed E-state index contributed by atoms with van der Waals surface area (Å²) in [5.74, 6) is -3.04. The van der Waals surface area contributed by atoms with Gasteiger partial charge in [-0.25, -0.2) is 0 Å². The van der Waals surface area contributed by atoms with Crippen LogP contribution in [0.1, 0.15) is 20.7 Å². The summed E-state index contributed by atoms with van der Waals surface area (Å²) in [4.78, 5) is 22.5. The van der Waals surface area contributed by atoms with Gasteiger partial charge in [0.25, 0.3) is 11.8 Å². The van der Waals surface area contributed by atoms with Crippen molar-refractivity contribution < 1.29 is 19.8 Å². The first-order chi connectivity index (χ1) is 6.95. The first kappa shape index (κ1) is 10.1. The van der Waals surface area contributed by atoms with Crippen LogP contribution in [0, 0.1) is 0 Å². The molecule has 0 aliphatic carbocycles. The van der Waals surface area contributed by atoms with E-state index < -0.39 is 23.3 Å². The molecule has 0 unspecified atom stereocenters. The van der Waals surface area contributed by atoms with Crippen LogP contribution in [0.25, 0.3) is 0 Å². The third-order valence-corrected chi connectivity index (χ3v) is 2.86. The molecule has 0 atom stereocenters. The highest BCUT2D eigenvalue weighted by molar-refractivity contribution is 6.46. The summed E-state index contributed by atoms with van der Waals surface area (Å²) >= 11 is 11.2. The standard InChI is InChI=1S/C8H3Cl2NO4/c9-3-1-2(8(15)11-7(1)14)5(12)6(13)4(3)10/h12-13H,(H,11,14,15). The van der Waals surface area contributed by atoms with Crippen LogP contribution in [-0.2, 0) is 0 Å². The van der Waals surface area contributed by atoms with Crippen molar-refractivity contribution in [3.63, 3.8) is 0 Å². The van der Waals surface area contributed by atoms with Crippen molar-refractivity contribution in [1.82, 2.24) is 5.32 Å². The predicted molar refractivity (Wildman–Crippen MR) is 51.6 cm³/mol. The van der Waals surface area contributed by atoms with E-state index in [1.165, 1.54) is 0 Å². The average Bonchev–Trinajstić information content (AvgIpc) is 2.47. The molecule has 78 valence electrons. The minimum Gasteiger partial charge on any atom is -0.504 e. The van der Waals surface area contributed by atoms with E-state index in [-0.39, 0.29) is 21.2 Å². The second-order valence-corrected chi connectivity index (χ2v) is 3.61. The monoisotopic (exact) mass is 247 g/mol. The molecule has 1 aromatic rings. The van der Waals surface area contributed by atoms with E-state index in [1.54, 1.807) is 0 Å². The Morgan fingerprint density at radius 1 is 0.867 bits per heavy atom. The van der Waals surface area contributed by atoms with Gasteiger partial charge in [-0.2, -0.15) is 0 Å². The summed E-state index contributed by atoms with van der Waals surface area (Å²) in [7, 11) is 0. The molecule has 15 heavy (non-hydrogen) atoms. The number of imide groups is 1. The zero-order valence-corrected chi connectivity index (χ0v) is 8.48. The zero-order valence-electron chi connectivity index (χ0n) is 6.97. The van der Waals surface area contributed by atoms with Crippen LogP contribution in [0.2, 0.25) is 10.0 Å². The lowest BCUT2D eigenvalue weighted by molar-refractivity contribution is 0.0879. The Balaban J connectivity index is 2.92. The summed E-state index contributed by atoms with van der Waals surface area (Å²) in [6.45, 7) is 0. The fourth-order valence-electron chi connectivity index (χ4n) is 1.33. The Labute approximate surface area is 93.2 Å². The molecule has 0 aromatic heterocycles. The topological polar surface area (TPSA) is 86.6 Å². The summed E-state index contributed by atoms with van der Waals surface area (Å²) < 4.78 is 0. The smallest absolute Gasteiger partial charge is 0.262 e. The van der Waals surface area contributed by atoms with E-state index in [0.717, 1.165) is 0 Å². The number of benzene rings is 1. The fourth-order valence-corrected chi connectivity index (χ4v) is 1.78. The molecule has 1 aliphatic heterocycles. The van der Waals surface area contributed by atoms with Gasteiger partial charge in [-0.1, -0.05) is 23.2 Å². The maximum atomic E-state index is 11.2. The van der Waals surface area contributed by atoms with E-state index in [1.807, 2.05) is 5.32 Å². The van der Waals surface area contributed by atoms with Gasteiger partial charge in [0.2, 0.25) is 0 Å². The summed E-state index contributed by atoms with van der Waals surface area (Å²) in [6.07, 6.45) is 0. The third kappa shape index (κ3) is 1.17. The van der Waals surface area contributed by atoms with Gasteiger partial charge in [0.05, 0.1) is 16.1 Å². The van der Waals surface area contributed by atoms with Crippen LogP contribution < -0.4 is 5.32 Å². The number of fused-ring (bicyclic) bond motifs is 1. The van der Waals surface area contributed by atoms with Crippen molar-refractivity contribution in [3.8, 4) is 11.5 Å². The van der Waals surface area contributed by atoms with Crippen molar-refractivity contribution in [3.05, 3.63) is 21.2 Å². The van der Waals surface area contributed by atoms with E-state index in [0.29, 0.717) is 0 Å². The highest BCUT2D eigenvalue weighted by Gasteiger charge is 2.36. The van der Waals surface area contributed by atoms with E-state index >= 15 is 0 Å². The molecule has 2 amide bonds. The third-order valence-electron chi connectivity index (χ3n) is 2.01. The molecular weight excluding hydrogens is 245 g/mol. The number of nitrogens with one attached hydrogen (secondary N) is 1.